The van der Waals surface area contributed by atoms with Gasteiger partial charge in [-0.15, -0.1) is 0 Å². The Labute approximate surface area is 105 Å². The second kappa shape index (κ2) is 4.15. The maximum Gasteiger partial charge on any atom is 0.506 e. The van der Waals surface area contributed by atoms with Crippen molar-refractivity contribution in [2.75, 3.05) is 0 Å². The maximum atomic E-state index is 13.0. The van der Waals surface area contributed by atoms with E-state index >= 15 is 0 Å². The quantitative estimate of drug-likeness (QED) is 0.519. The van der Waals surface area contributed by atoms with E-state index in [0.29, 0.717) is 0 Å². The molecule has 8 heteroatoms. The van der Waals surface area contributed by atoms with Gasteiger partial charge in [-0.2, -0.15) is 0 Å². The van der Waals surface area contributed by atoms with Gasteiger partial charge in [0.05, 0.1) is 17.8 Å². The lowest BCUT2D eigenvalue weighted by atomic mass is 9.72. The summed E-state index contributed by atoms with van der Waals surface area (Å²) in [6.45, 7) is 0. The van der Waals surface area contributed by atoms with Crippen LogP contribution in [0.3, 0.4) is 0 Å². The average molecular weight is 273 g/mol. The highest BCUT2D eigenvalue weighted by Crippen LogP contribution is 2.54. The highest BCUT2D eigenvalue weighted by molar-refractivity contribution is 5.58. The Morgan fingerprint density at radius 3 is 2.21 bits per heavy atom. The molecule has 0 atom stereocenters. The number of rotatable bonds is 3. The van der Waals surface area contributed by atoms with Crippen LogP contribution in [0.15, 0.2) is 24.3 Å². The lowest BCUT2D eigenvalue weighted by Gasteiger charge is -2.45. The number of nitro groups is 1. The molecule has 102 valence electrons. The first-order valence-electron chi connectivity index (χ1n) is 5.29. The van der Waals surface area contributed by atoms with Crippen molar-refractivity contribution in [3.05, 3.63) is 39.9 Å². The largest absolute Gasteiger partial charge is 0.506 e. The Morgan fingerprint density at radius 2 is 1.84 bits per heavy atom. The molecule has 1 fully saturated rings. The molecule has 0 spiro atoms. The summed E-state index contributed by atoms with van der Waals surface area (Å²) in [6, 6.07) is 4.71. The number of nitro benzene ring substituents is 1. The molecule has 0 heterocycles. The molecule has 1 aromatic rings. The Bertz CT molecular complexity index is 520. The molecule has 0 aliphatic heterocycles. The van der Waals surface area contributed by atoms with Crippen LogP contribution < -0.4 is 0 Å². The summed E-state index contributed by atoms with van der Waals surface area (Å²) in [6.07, 6.45) is -3.18. The number of non-ortho nitro benzene ring substituents is 1. The fraction of sp³-hybridized carbons (Fsp3) is 0.364. The first-order valence-corrected chi connectivity index (χ1v) is 5.29. The van der Waals surface area contributed by atoms with Crippen molar-refractivity contribution in [3.63, 3.8) is 0 Å². The normalized spacial score (nSPS) is 19.3. The van der Waals surface area contributed by atoms with Crippen LogP contribution in [0, 0.1) is 10.1 Å². The zero-order chi connectivity index (χ0) is 14.3. The van der Waals surface area contributed by atoms with Crippen LogP contribution in [0.4, 0.5) is 19.3 Å². The predicted octanol–water partition coefficient (Wildman–Crippen LogP) is 2.91. The van der Waals surface area contributed by atoms with Gasteiger partial charge in [0, 0.05) is 12.1 Å². The number of alkyl halides is 2. The molecular formula is C11H9F2NO5. The molecule has 0 unspecified atom stereocenters. The molecule has 1 aliphatic rings. The summed E-state index contributed by atoms with van der Waals surface area (Å²) >= 11 is 0. The molecule has 1 N–H and O–H groups in total. The molecule has 1 aliphatic carbocycles. The van der Waals surface area contributed by atoms with Crippen molar-refractivity contribution >= 4 is 11.8 Å². The van der Waals surface area contributed by atoms with E-state index in [9.17, 15) is 23.7 Å². The summed E-state index contributed by atoms with van der Waals surface area (Å²) in [5, 5.41) is 19.1. The van der Waals surface area contributed by atoms with Gasteiger partial charge in [-0.05, 0) is 17.7 Å². The molecular weight excluding hydrogens is 264 g/mol. The van der Waals surface area contributed by atoms with Gasteiger partial charge in [-0.1, -0.05) is 0 Å². The van der Waals surface area contributed by atoms with Crippen molar-refractivity contribution in [2.24, 2.45) is 0 Å². The summed E-state index contributed by atoms with van der Waals surface area (Å²) in [4.78, 5) is 20.4. The lowest BCUT2D eigenvalue weighted by Crippen LogP contribution is -2.51. The number of nitrogens with zero attached hydrogens (tertiary/aromatic N) is 1. The van der Waals surface area contributed by atoms with Crippen molar-refractivity contribution < 1.29 is 28.3 Å². The smallest absolute Gasteiger partial charge is 0.450 e. The van der Waals surface area contributed by atoms with E-state index in [2.05, 4.69) is 4.74 Å². The Balaban J connectivity index is 2.29. The van der Waals surface area contributed by atoms with Crippen LogP contribution in [-0.4, -0.2) is 22.1 Å². The van der Waals surface area contributed by atoms with Gasteiger partial charge in [0.15, 0.2) is 5.60 Å². The number of halogens is 2. The second-order valence-electron chi connectivity index (χ2n) is 4.38. The third-order valence-electron chi connectivity index (χ3n) is 2.98. The van der Waals surface area contributed by atoms with E-state index < -0.39 is 35.4 Å². The van der Waals surface area contributed by atoms with Crippen molar-refractivity contribution in [1.82, 2.24) is 0 Å². The van der Waals surface area contributed by atoms with Crippen LogP contribution in [0.1, 0.15) is 18.4 Å². The fourth-order valence-corrected chi connectivity index (χ4v) is 2.17. The Morgan fingerprint density at radius 1 is 1.32 bits per heavy atom. The third kappa shape index (κ3) is 2.47. The van der Waals surface area contributed by atoms with Crippen LogP contribution in [-0.2, 0) is 10.3 Å². The monoisotopic (exact) mass is 273 g/mol. The van der Waals surface area contributed by atoms with Gasteiger partial charge < -0.3 is 9.84 Å². The maximum absolute atomic E-state index is 13.0. The van der Waals surface area contributed by atoms with E-state index in [1.54, 1.807) is 0 Å². The molecule has 1 saturated carbocycles. The summed E-state index contributed by atoms with van der Waals surface area (Å²) in [5.74, 6) is -2.99. The van der Waals surface area contributed by atoms with Gasteiger partial charge in [-0.3, -0.25) is 10.1 Å². The number of benzene rings is 1. The lowest BCUT2D eigenvalue weighted by molar-refractivity contribution is -0.384. The molecule has 0 amide bonds. The number of carbonyl (C=O) groups is 1. The fourth-order valence-electron chi connectivity index (χ4n) is 2.17. The second-order valence-corrected chi connectivity index (χ2v) is 4.38. The van der Waals surface area contributed by atoms with Crippen LogP contribution >= 0.6 is 0 Å². The van der Waals surface area contributed by atoms with Gasteiger partial charge >= 0.3 is 6.16 Å². The minimum Gasteiger partial charge on any atom is -0.450 e. The van der Waals surface area contributed by atoms with E-state index in [0.717, 1.165) is 12.1 Å². The molecule has 19 heavy (non-hydrogen) atoms. The van der Waals surface area contributed by atoms with Gasteiger partial charge in [-0.25, -0.2) is 13.6 Å². The molecule has 0 aromatic heterocycles. The first-order chi connectivity index (χ1) is 8.74. The highest BCUT2D eigenvalue weighted by atomic mass is 19.3. The van der Waals surface area contributed by atoms with Crippen molar-refractivity contribution in [1.29, 1.82) is 0 Å². The molecule has 1 aromatic carbocycles. The first kappa shape index (κ1) is 13.2. The van der Waals surface area contributed by atoms with Crippen molar-refractivity contribution in [2.45, 2.75) is 24.4 Å². The van der Waals surface area contributed by atoms with Crippen LogP contribution in [0.25, 0.3) is 0 Å². The molecule has 6 nitrogen and oxygen atoms in total. The minimum atomic E-state index is -2.99. The molecule has 0 saturated heterocycles. The van der Waals surface area contributed by atoms with Crippen LogP contribution in [0.5, 0.6) is 0 Å². The van der Waals surface area contributed by atoms with E-state index in [-0.39, 0.29) is 11.3 Å². The van der Waals surface area contributed by atoms with Crippen molar-refractivity contribution in [3.8, 4) is 0 Å². The summed E-state index contributed by atoms with van der Waals surface area (Å²) in [7, 11) is 0. The molecule has 0 radical (unpaired) electrons. The average Bonchev–Trinajstić information content (AvgIpc) is 2.25. The minimum absolute atomic E-state index is 0.187. The third-order valence-corrected chi connectivity index (χ3v) is 2.98. The molecule has 0 bridgehead atoms. The zero-order valence-electron chi connectivity index (χ0n) is 9.51. The van der Waals surface area contributed by atoms with E-state index in [1.807, 2.05) is 0 Å². The highest BCUT2D eigenvalue weighted by Gasteiger charge is 2.60. The number of carboxylic acid groups (broad SMARTS) is 1. The standard InChI is InChI=1S/C11H9F2NO5/c12-11(13)5-10(6-11,19-9(15)16)7-1-3-8(4-2-7)14(17)18/h1-4H,5-6H2,(H,15,16). The van der Waals surface area contributed by atoms with Gasteiger partial charge in [0.1, 0.15) is 0 Å². The summed E-state index contributed by atoms with van der Waals surface area (Å²) in [5.41, 5.74) is -1.64. The predicted molar refractivity (Wildman–Crippen MR) is 58.1 cm³/mol. The van der Waals surface area contributed by atoms with Gasteiger partial charge in [0.25, 0.3) is 11.6 Å². The summed E-state index contributed by atoms with van der Waals surface area (Å²) < 4.78 is 30.6. The topological polar surface area (TPSA) is 89.7 Å². The zero-order valence-corrected chi connectivity index (χ0v) is 9.51. The number of hydrogen-bond acceptors (Lipinski definition) is 4. The van der Waals surface area contributed by atoms with Crippen LogP contribution in [0.2, 0.25) is 0 Å². The Hall–Kier alpha value is -2.25. The SMILES string of the molecule is O=C(O)OC1(c2ccc([N+](=O)[O-])cc2)CC(F)(F)C1. The van der Waals surface area contributed by atoms with Gasteiger partial charge in [0.2, 0.25) is 0 Å². The number of hydrogen-bond donors (Lipinski definition) is 1. The van der Waals surface area contributed by atoms with E-state index in [1.165, 1.54) is 12.1 Å². The number of ether oxygens (including phenoxy) is 1. The molecule has 2 rings (SSSR count). The Kier molecular flexibility index (Phi) is 2.88. The van der Waals surface area contributed by atoms with E-state index in [4.69, 9.17) is 5.11 Å².